The zero-order chi connectivity index (χ0) is 17.5. The van der Waals surface area contributed by atoms with Gasteiger partial charge in [-0.2, -0.15) is 0 Å². The number of carboxylic acid groups (broad SMARTS) is 1. The second-order valence-corrected chi connectivity index (χ2v) is 5.75. The lowest BCUT2D eigenvalue weighted by molar-refractivity contribution is -0.138. The molecule has 0 fully saturated rings. The lowest BCUT2D eigenvalue weighted by Gasteiger charge is -2.16. The maximum Gasteiger partial charge on any atom is 0.317 e. The van der Waals surface area contributed by atoms with Crippen molar-refractivity contribution in [2.75, 3.05) is 26.7 Å². The Balaban J connectivity index is 2.10. The second kappa shape index (κ2) is 8.47. The first-order valence-electron chi connectivity index (χ1n) is 7.40. The molecule has 0 aliphatic heterocycles. The van der Waals surface area contributed by atoms with E-state index in [1.165, 1.54) is 0 Å². The van der Waals surface area contributed by atoms with Crippen molar-refractivity contribution in [2.24, 2.45) is 0 Å². The van der Waals surface area contributed by atoms with Crippen LogP contribution in [-0.2, 0) is 4.79 Å². The molecule has 0 aliphatic rings. The molecule has 1 N–H and O–H groups in total. The molecule has 0 radical (unpaired) electrons. The van der Waals surface area contributed by atoms with E-state index in [9.17, 15) is 9.59 Å². The molecule has 0 unspecified atom stereocenters. The average molecular weight is 348 g/mol. The quantitative estimate of drug-likeness (QED) is 0.744. The van der Waals surface area contributed by atoms with Gasteiger partial charge in [0.2, 0.25) is 0 Å². The van der Waals surface area contributed by atoms with Crippen LogP contribution in [0.2, 0.25) is 5.02 Å². The van der Waals surface area contributed by atoms with Crippen molar-refractivity contribution in [3.05, 3.63) is 64.7 Å². The highest BCUT2D eigenvalue weighted by Crippen LogP contribution is 2.25. The van der Waals surface area contributed by atoms with Crippen LogP contribution in [0.25, 0.3) is 0 Å². The fourth-order valence-electron chi connectivity index (χ4n) is 2.17. The molecular formula is C18H18ClNO4. The summed E-state index contributed by atoms with van der Waals surface area (Å²) in [6.07, 6.45) is 0. The van der Waals surface area contributed by atoms with E-state index >= 15 is 0 Å². The van der Waals surface area contributed by atoms with Crippen molar-refractivity contribution in [3.8, 4) is 5.75 Å². The normalized spacial score (nSPS) is 10.6. The first-order valence-corrected chi connectivity index (χ1v) is 7.77. The summed E-state index contributed by atoms with van der Waals surface area (Å²) in [6, 6.07) is 13.8. The van der Waals surface area contributed by atoms with Crippen LogP contribution in [0, 0.1) is 0 Å². The number of hydrogen-bond donors (Lipinski definition) is 1. The number of ketones is 1. The van der Waals surface area contributed by atoms with Gasteiger partial charge in [-0.3, -0.25) is 14.5 Å². The van der Waals surface area contributed by atoms with E-state index in [2.05, 4.69) is 0 Å². The molecule has 0 bridgehead atoms. The van der Waals surface area contributed by atoms with Gasteiger partial charge < -0.3 is 9.84 Å². The highest BCUT2D eigenvalue weighted by atomic mass is 35.5. The Morgan fingerprint density at radius 2 is 1.88 bits per heavy atom. The third kappa shape index (κ3) is 5.08. The lowest BCUT2D eigenvalue weighted by Crippen LogP contribution is -2.29. The Kier molecular flexibility index (Phi) is 6.35. The predicted molar refractivity (Wildman–Crippen MR) is 92.0 cm³/mol. The highest BCUT2D eigenvalue weighted by molar-refractivity contribution is 6.31. The third-order valence-corrected chi connectivity index (χ3v) is 3.59. The smallest absolute Gasteiger partial charge is 0.317 e. The summed E-state index contributed by atoms with van der Waals surface area (Å²) >= 11 is 6.01. The van der Waals surface area contributed by atoms with Crippen molar-refractivity contribution in [1.82, 2.24) is 4.90 Å². The Morgan fingerprint density at radius 1 is 1.17 bits per heavy atom. The van der Waals surface area contributed by atoms with Gasteiger partial charge in [0, 0.05) is 17.1 Å². The summed E-state index contributed by atoms with van der Waals surface area (Å²) in [7, 11) is 1.69. The lowest BCUT2D eigenvalue weighted by atomic mass is 10.0. The van der Waals surface area contributed by atoms with E-state index in [4.69, 9.17) is 21.4 Å². The maximum absolute atomic E-state index is 12.6. The zero-order valence-electron chi connectivity index (χ0n) is 13.2. The van der Waals surface area contributed by atoms with Crippen LogP contribution >= 0.6 is 11.6 Å². The van der Waals surface area contributed by atoms with E-state index in [1.807, 2.05) is 6.07 Å². The summed E-state index contributed by atoms with van der Waals surface area (Å²) in [5.74, 6) is -0.645. The first kappa shape index (κ1) is 18.0. The summed E-state index contributed by atoms with van der Waals surface area (Å²) in [4.78, 5) is 24.9. The van der Waals surface area contributed by atoms with Gasteiger partial charge in [0.1, 0.15) is 12.4 Å². The van der Waals surface area contributed by atoms with Crippen molar-refractivity contribution >= 4 is 23.4 Å². The summed E-state index contributed by atoms with van der Waals surface area (Å²) in [5.41, 5.74) is 0.933. The molecule has 2 aromatic rings. The number of carbonyl (C=O) groups excluding carboxylic acids is 1. The van der Waals surface area contributed by atoms with Crippen molar-refractivity contribution in [1.29, 1.82) is 0 Å². The molecule has 0 aliphatic carbocycles. The van der Waals surface area contributed by atoms with Crippen LogP contribution in [0.5, 0.6) is 5.75 Å². The number of carboxylic acids is 1. The number of likely N-dealkylation sites (N-methyl/N-ethyl adjacent to an activating group) is 1. The number of ether oxygens (including phenoxy) is 1. The van der Waals surface area contributed by atoms with Crippen LogP contribution in [0.1, 0.15) is 15.9 Å². The Bertz CT molecular complexity index is 718. The number of rotatable bonds is 8. The average Bonchev–Trinajstić information content (AvgIpc) is 2.55. The molecule has 0 atom stereocenters. The Labute approximate surface area is 145 Å². The van der Waals surface area contributed by atoms with Crippen molar-refractivity contribution in [3.63, 3.8) is 0 Å². The number of nitrogens with zero attached hydrogens (tertiary/aromatic N) is 1. The molecule has 126 valence electrons. The van der Waals surface area contributed by atoms with Gasteiger partial charge >= 0.3 is 5.97 Å². The summed E-state index contributed by atoms with van der Waals surface area (Å²) in [5, 5.41) is 9.18. The van der Waals surface area contributed by atoms with E-state index in [1.54, 1.807) is 54.4 Å². The fourth-order valence-corrected chi connectivity index (χ4v) is 2.34. The minimum absolute atomic E-state index is 0.0697. The van der Waals surface area contributed by atoms with Crippen molar-refractivity contribution in [2.45, 2.75) is 0 Å². The zero-order valence-corrected chi connectivity index (χ0v) is 14.0. The first-order chi connectivity index (χ1) is 11.5. The van der Waals surface area contributed by atoms with Gasteiger partial charge in [0.15, 0.2) is 5.78 Å². The largest absolute Gasteiger partial charge is 0.491 e. The van der Waals surface area contributed by atoms with E-state index in [0.29, 0.717) is 28.4 Å². The number of hydrogen-bond acceptors (Lipinski definition) is 4. The molecule has 24 heavy (non-hydrogen) atoms. The monoisotopic (exact) mass is 347 g/mol. The molecule has 2 aromatic carbocycles. The van der Waals surface area contributed by atoms with Crippen LogP contribution in [0.15, 0.2) is 48.5 Å². The number of aliphatic carboxylic acids is 1. The maximum atomic E-state index is 12.6. The van der Waals surface area contributed by atoms with Gasteiger partial charge in [0.25, 0.3) is 0 Å². The van der Waals surface area contributed by atoms with E-state index in [-0.39, 0.29) is 18.9 Å². The van der Waals surface area contributed by atoms with Gasteiger partial charge in [0.05, 0.1) is 12.1 Å². The number of benzene rings is 2. The van der Waals surface area contributed by atoms with Gasteiger partial charge in [-0.05, 0) is 25.2 Å². The summed E-state index contributed by atoms with van der Waals surface area (Å²) < 4.78 is 5.67. The van der Waals surface area contributed by atoms with Crippen LogP contribution in [0.3, 0.4) is 0 Å². The molecule has 2 rings (SSSR count). The summed E-state index contributed by atoms with van der Waals surface area (Å²) in [6.45, 7) is 0.619. The molecule has 0 saturated heterocycles. The van der Waals surface area contributed by atoms with Gasteiger partial charge in [-0.15, -0.1) is 0 Å². The highest BCUT2D eigenvalue weighted by Gasteiger charge is 2.15. The standard InChI is InChI=1S/C18H18ClNO4/c1-20(12-17(21)22)9-10-24-16-8-7-14(19)11-15(16)18(23)13-5-3-2-4-6-13/h2-8,11H,9-10,12H2,1H3,(H,21,22). The molecule has 0 spiro atoms. The molecule has 5 nitrogen and oxygen atoms in total. The fraction of sp³-hybridized carbons (Fsp3) is 0.222. The molecule has 0 aromatic heterocycles. The molecular weight excluding hydrogens is 330 g/mol. The van der Waals surface area contributed by atoms with Crippen LogP contribution in [0.4, 0.5) is 0 Å². The van der Waals surface area contributed by atoms with E-state index in [0.717, 1.165) is 0 Å². The van der Waals surface area contributed by atoms with Crippen LogP contribution < -0.4 is 4.74 Å². The van der Waals surface area contributed by atoms with Crippen molar-refractivity contribution < 1.29 is 19.4 Å². The second-order valence-electron chi connectivity index (χ2n) is 5.32. The Hall–Kier alpha value is -2.37. The third-order valence-electron chi connectivity index (χ3n) is 3.36. The Morgan fingerprint density at radius 3 is 2.54 bits per heavy atom. The van der Waals surface area contributed by atoms with Crippen LogP contribution in [-0.4, -0.2) is 48.5 Å². The molecule has 0 amide bonds. The minimum atomic E-state index is -0.899. The van der Waals surface area contributed by atoms with E-state index < -0.39 is 5.97 Å². The SMILES string of the molecule is CN(CCOc1ccc(Cl)cc1C(=O)c1ccccc1)CC(=O)O. The number of halogens is 1. The predicted octanol–water partition coefficient (Wildman–Crippen LogP) is 2.97. The van der Waals surface area contributed by atoms with Gasteiger partial charge in [-0.1, -0.05) is 41.9 Å². The molecule has 6 heteroatoms. The van der Waals surface area contributed by atoms with Gasteiger partial charge in [-0.25, -0.2) is 0 Å². The molecule has 0 heterocycles. The number of carbonyl (C=O) groups is 2. The minimum Gasteiger partial charge on any atom is -0.491 e. The topological polar surface area (TPSA) is 66.8 Å². The molecule has 0 saturated carbocycles.